The van der Waals surface area contributed by atoms with Crippen LogP contribution in [0.15, 0.2) is 6.20 Å². The first kappa shape index (κ1) is 12.5. The van der Waals surface area contributed by atoms with Crippen LogP contribution in [-0.4, -0.2) is 43.6 Å². The zero-order valence-corrected chi connectivity index (χ0v) is 10.7. The first-order chi connectivity index (χ1) is 7.95. The molecule has 0 saturated carbocycles. The van der Waals surface area contributed by atoms with Crippen LogP contribution in [0.4, 0.5) is 0 Å². The molecular formula is C12H21N3O2. The first-order valence-corrected chi connectivity index (χ1v) is 5.99. The topological polar surface area (TPSA) is 61.5 Å². The fraction of sp³-hybridized carbons (Fsp3) is 0.750. The van der Waals surface area contributed by atoms with Gasteiger partial charge in [-0.25, -0.2) is 0 Å². The lowest BCUT2D eigenvalue weighted by molar-refractivity contribution is 0.127. The molecule has 0 aliphatic carbocycles. The number of nitrogens with zero attached hydrogens (tertiary/aromatic N) is 3. The van der Waals surface area contributed by atoms with Gasteiger partial charge < -0.3 is 10.2 Å². The lowest BCUT2D eigenvalue weighted by Gasteiger charge is -2.31. The molecule has 0 aromatic carbocycles. The molecule has 2 rings (SSSR count). The summed E-state index contributed by atoms with van der Waals surface area (Å²) in [5.74, 6) is 0. The van der Waals surface area contributed by atoms with Gasteiger partial charge in [-0.1, -0.05) is 0 Å². The van der Waals surface area contributed by atoms with E-state index in [0.717, 1.165) is 18.8 Å². The predicted octanol–water partition coefficient (Wildman–Crippen LogP) is 0.523. The average molecular weight is 239 g/mol. The highest BCUT2D eigenvalue weighted by molar-refractivity contribution is 5.22. The third kappa shape index (κ3) is 2.36. The van der Waals surface area contributed by atoms with Gasteiger partial charge in [-0.15, -0.1) is 0 Å². The van der Waals surface area contributed by atoms with E-state index in [1.807, 2.05) is 6.20 Å². The average Bonchev–Trinajstić information content (AvgIpc) is 2.75. The Balaban J connectivity index is 2.14. The van der Waals surface area contributed by atoms with Crippen LogP contribution in [0.3, 0.4) is 0 Å². The molecule has 96 valence electrons. The number of aliphatic hydroxyl groups excluding tert-OH is 2. The van der Waals surface area contributed by atoms with Gasteiger partial charge in [0, 0.05) is 30.4 Å². The molecule has 1 aromatic heterocycles. The highest BCUT2D eigenvalue weighted by Crippen LogP contribution is 2.28. The van der Waals surface area contributed by atoms with Crippen LogP contribution in [0.25, 0.3) is 0 Å². The Morgan fingerprint density at radius 2 is 1.94 bits per heavy atom. The third-order valence-electron chi connectivity index (χ3n) is 3.34. The van der Waals surface area contributed by atoms with Crippen molar-refractivity contribution in [3.63, 3.8) is 0 Å². The Morgan fingerprint density at radius 3 is 2.41 bits per heavy atom. The summed E-state index contributed by atoms with van der Waals surface area (Å²) in [5.41, 5.74) is 2.41. The summed E-state index contributed by atoms with van der Waals surface area (Å²) in [4.78, 5) is 2.36. The summed E-state index contributed by atoms with van der Waals surface area (Å²) in [5, 5.41) is 22.7. The number of rotatable bonds is 3. The second-order valence-electron chi connectivity index (χ2n) is 5.63. The Kier molecular flexibility index (Phi) is 3.25. The van der Waals surface area contributed by atoms with E-state index in [1.165, 1.54) is 5.56 Å². The van der Waals surface area contributed by atoms with Gasteiger partial charge in [0.1, 0.15) is 0 Å². The maximum atomic E-state index is 9.12. The highest BCUT2D eigenvalue weighted by atomic mass is 16.3. The molecule has 0 amide bonds. The van der Waals surface area contributed by atoms with Gasteiger partial charge in [-0.05, 0) is 20.8 Å². The molecule has 0 fully saturated rings. The van der Waals surface area contributed by atoms with Crippen molar-refractivity contribution in [3.8, 4) is 0 Å². The Morgan fingerprint density at radius 1 is 1.29 bits per heavy atom. The van der Waals surface area contributed by atoms with E-state index in [9.17, 15) is 0 Å². The molecule has 1 aromatic rings. The maximum Gasteiger partial charge on any atom is 0.0980 e. The minimum atomic E-state index is -0.316. The van der Waals surface area contributed by atoms with Crippen molar-refractivity contribution in [1.29, 1.82) is 0 Å². The minimum Gasteiger partial charge on any atom is -0.394 e. The van der Waals surface area contributed by atoms with E-state index in [-0.39, 0.29) is 24.8 Å². The molecule has 1 aliphatic rings. The zero-order valence-electron chi connectivity index (χ0n) is 10.7. The number of fused-ring (bicyclic) bond motifs is 1. The van der Waals surface area contributed by atoms with Gasteiger partial charge in [-0.2, -0.15) is 5.10 Å². The van der Waals surface area contributed by atoms with Crippen molar-refractivity contribution < 1.29 is 10.2 Å². The molecule has 0 spiro atoms. The highest BCUT2D eigenvalue weighted by Gasteiger charge is 2.30. The number of hydrogen-bond acceptors (Lipinski definition) is 4. The molecular weight excluding hydrogens is 218 g/mol. The Labute approximate surface area is 102 Å². The van der Waals surface area contributed by atoms with Crippen LogP contribution >= 0.6 is 0 Å². The molecule has 0 bridgehead atoms. The smallest absolute Gasteiger partial charge is 0.0980 e. The summed E-state index contributed by atoms with van der Waals surface area (Å²) in [7, 11) is 0. The van der Waals surface area contributed by atoms with Crippen LogP contribution < -0.4 is 0 Å². The van der Waals surface area contributed by atoms with Crippen LogP contribution in [0, 0.1) is 0 Å². The van der Waals surface area contributed by atoms with Crippen molar-refractivity contribution in [2.75, 3.05) is 13.2 Å². The molecule has 0 unspecified atom stereocenters. The van der Waals surface area contributed by atoms with Crippen molar-refractivity contribution in [1.82, 2.24) is 14.7 Å². The Bertz CT molecular complexity index is 367. The number of aromatic nitrogens is 2. The largest absolute Gasteiger partial charge is 0.394 e. The lowest BCUT2D eigenvalue weighted by Crippen LogP contribution is -2.37. The monoisotopic (exact) mass is 239 g/mol. The van der Waals surface area contributed by atoms with Crippen molar-refractivity contribution in [2.45, 2.75) is 45.4 Å². The van der Waals surface area contributed by atoms with Crippen molar-refractivity contribution in [3.05, 3.63) is 17.5 Å². The van der Waals surface area contributed by atoms with Gasteiger partial charge in [0.25, 0.3) is 0 Å². The van der Waals surface area contributed by atoms with Gasteiger partial charge in [0.15, 0.2) is 0 Å². The molecule has 1 aliphatic heterocycles. The normalized spacial score (nSPS) is 16.8. The summed E-state index contributed by atoms with van der Waals surface area (Å²) in [6, 6.07) is -0.316. The summed E-state index contributed by atoms with van der Waals surface area (Å²) in [6.45, 7) is 8.14. The Hall–Kier alpha value is -0.910. The van der Waals surface area contributed by atoms with E-state index < -0.39 is 0 Å². The second kappa shape index (κ2) is 4.40. The SMILES string of the molecule is CC(C)(C)N1Cc2cn(C(CO)CO)nc2C1. The quantitative estimate of drug-likeness (QED) is 0.807. The maximum absolute atomic E-state index is 9.12. The fourth-order valence-corrected chi connectivity index (χ4v) is 2.06. The van der Waals surface area contributed by atoms with Crippen molar-refractivity contribution >= 4 is 0 Å². The van der Waals surface area contributed by atoms with E-state index >= 15 is 0 Å². The molecule has 2 N–H and O–H groups in total. The molecule has 5 heteroatoms. The van der Waals surface area contributed by atoms with Gasteiger partial charge in [0.2, 0.25) is 0 Å². The molecule has 0 radical (unpaired) electrons. The fourth-order valence-electron chi connectivity index (χ4n) is 2.06. The molecule has 17 heavy (non-hydrogen) atoms. The number of aliphatic hydroxyl groups is 2. The second-order valence-corrected chi connectivity index (χ2v) is 5.63. The number of hydrogen-bond donors (Lipinski definition) is 2. The predicted molar refractivity (Wildman–Crippen MR) is 64.4 cm³/mol. The third-order valence-corrected chi connectivity index (χ3v) is 3.34. The van der Waals surface area contributed by atoms with Gasteiger partial charge in [0.05, 0.1) is 24.9 Å². The van der Waals surface area contributed by atoms with E-state index in [0.29, 0.717) is 0 Å². The van der Waals surface area contributed by atoms with Crippen LogP contribution in [-0.2, 0) is 13.1 Å². The summed E-state index contributed by atoms with van der Waals surface area (Å²) < 4.78 is 1.69. The molecule has 0 saturated heterocycles. The van der Waals surface area contributed by atoms with Crippen LogP contribution in [0.2, 0.25) is 0 Å². The van der Waals surface area contributed by atoms with Crippen LogP contribution in [0.1, 0.15) is 38.1 Å². The first-order valence-electron chi connectivity index (χ1n) is 5.99. The van der Waals surface area contributed by atoms with Gasteiger partial charge in [-0.3, -0.25) is 9.58 Å². The standard InChI is InChI=1S/C12H21N3O2/c1-12(2,3)14-4-9-5-15(10(7-16)8-17)13-11(9)6-14/h5,10,16-17H,4,6-8H2,1-3H3. The lowest BCUT2D eigenvalue weighted by atomic mass is 10.1. The van der Waals surface area contributed by atoms with Crippen molar-refractivity contribution in [2.24, 2.45) is 0 Å². The van der Waals surface area contributed by atoms with E-state index in [2.05, 4.69) is 30.8 Å². The molecule has 5 nitrogen and oxygen atoms in total. The molecule has 0 atom stereocenters. The van der Waals surface area contributed by atoms with Crippen LogP contribution in [0.5, 0.6) is 0 Å². The van der Waals surface area contributed by atoms with E-state index in [1.54, 1.807) is 4.68 Å². The van der Waals surface area contributed by atoms with E-state index in [4.69, 9.17) is 10.2 Å². The minimum absolute atomic E-state index is 0.0833. The summed E-state index contributed by atoms with van der Waals surface area (Å²) in [6.07, 6.45) is 1.94. The van der Waals surface area contributed by atoms with Gasteiger partial charge >= 0.3 is 0 Å². The molecule has 2 heterocycles. The zero-order chi connectivity index (χ0) is 12.6. The summed E-state index contributed by atoms with van der Waals surface area (Å²) >= 11 is 0.